The number of ether oxygens (including phenoxy) is 2. The Morgan fingerprint density at radius 1 is 1.18 bits per heavy atom. The van der Waals surface area contributed by atoms with Crippen LogP contribution < -0.4 is 14.8 Å². The molecule has 0 bridgehead atoms. The van der Waals surface area contributed by atoms with Crippen LogP contribution in [-0.4, -0.2) is 19.1 Å². The average molecular weight is 320 g/mol. The summed E-state index contributed by atoms with van der Waals surface area (Å²) < 4.78 is 10.8. The first-order chi connectivity index (χ1) is 10.6. The van der Waals surface area contributed by atoms with E-state index in [4.69, 9.17) is 21.1 Å². The van der Waals surface area contributed by atoms with Crippen LogP contribution in [0.3, 0.4) is 0 Å². The van der Waals surface area contributed by atoms with Crippen molar-refractivity contribution in [2.45, 2.75) is 19.4 Å². The fourth-order valence-corrected chi connectivity index (χ4v) is 2.10. The van der Waals surface area contributed by atoms with E-state index in [9.17, 15) is 4.79 Å². The number of benzene rings is 2. The quantitative estimate of drug-likeness (QED) is 0.870. The second-order valence-corrected chi connectivity index (χ2v) is 5.13. The molecule has 0 spiro atoms. The van der Waals surface area contributed by atoms with Crippen molar-refractivity contribution >= 4 is 23.2 Å². The maximum atomic E-state index is 12.3. The lowest BCUT2D eigenvalue weighted by molar-refractivity contribution is -0.122. The van der Waals surface area contributed by atoms with Crippen LogP contribution in [0, 0.1) is 0 Å². The molecule has 1 atom stereocenters. The average Bonchev–Trinajstić information content (AvgIpc) is 2.53. The molecular formula is C17H18ClNO3. The first kappa shape index (κ1) is 16.2. The first-order valence-corrected chi connectivity index (χ1v) is 7.37. The van der Waals surface area contributed by atoms with Gasteiger partial charge < -0.3 is 14.8 Å². The maximum absolute atomic E-state index is 12.3. The molecule has 0 saturated heterocycles. The Labute approximate surface area is 135 Å². The van der Waals surface area contributed by atoms with Gasteiger partial charge in [0.1, 0.15) is 11.5 Å². The Bertz CT molecular complexity index is 628. The van der Waals surface area contributed by atoms with E-state index >= 15 is 0 Å². The van der Waals surface area contributed by atoms with Gasteiger partial charge in [-0.05, 0) is 48.9 Å². The third-order valence-electron chi connectivity index (χ3n) is 3.10. The van der Waals surface area contributed by atoms with Crippen molar-refractivity contribution < 1.29 is 14.3 Å². The molecule has 0 aliphatic heterocycles. The molecule has 0 aromatic heterocycles. The van der Waals surface area contributed by atoms with E-state index < -0.39 is 6.10 Å². The molecule has 0 fully saturated rings. The number of hydrogen-bond acceptors (Lipinski definition) is 3. The molecule has 1 amide bonds. The monoisotopic (exact) mass is 319 g/mol. The number of hydrogen-bond donors (Lipinski definition) is 1. The summed E-state index contributed by atoms with van der Waals surface area (Å²) in [6.45, 7) is 1.89. The molecule has 116 valence electrons. The fraction of sp³-hybridized carbons (Fsp3) is 0.235. The summed E-state index contributed by atoms with van der Waals surface area (Å²) in [7, 11) is 1.60. The van der Waals surface area contributed by atoms with Gasteiger partial charge in [-0.1, -0.05) is 24.6 Å². The minimum absolute atomic E-state index is 0.201. The van der Waals surface area contributed by atoms with Crippen LogP contribution in [0.5, 0.6) is 11.5 Å². The van der Waals surface area contributed by atoms with Gasteiger partial charge in [-0.3, -0.25) is 4.79 Å². The predicted octanol–water partition coefficient (Wildman–Crippen LogP) is 4.14. The summed E-state index contributed by atoms with van der Waals surface area (Å²) in [5.74, 6) is 1.11. The topological polar surface area (TPSA) is 47.6 Å². The standard InChI is InChI=1S/C17H18ClNO3/c1-3-16(22-15-6-4-5-12(18)11-15)17(20)19-13-7-9-14(21-2)10-8-13/h4-11,16H,3H2,1-2H3,(H,19,20)/t16-/m0/s1. The number of carbonyl (C=O) groups is 1. The van der Waals surface area contributed by atoms with Crippen LogP contribution in [0.25, 0.3) is 0 Å². The summed E-state index contributed by atoms with van der Waals surface area (Å²) in [6.07, 6.45) is -0.0327. The van der Waals surface area contributed by atoms with E-state index in [1.807, 2.05) is 6.92 Å². The van der Waals surface area contributed by atoms with E-state index in [2.05, 4.69) is 5.32 Å². The van der Waals surface area contributed by atoms with E-state index in [-0.39, 0.29) is 5.91 Å². The van der Waals surface area contributed by atoms with Gasteiger partial charge in [0.2, 0.25) is 0 Å². The van der Waals surface area contributed by atoms with Crippen molar-refractivity contribution in [2.75, 3.05) is 12.4 Å². The summed E-state index contributed by atoms with van der Waals surface area (Å²) in [4.78, 5) is 12.3. The van der Waals surface area contributed by atoms with Crippen LogP contribution in [0.4, 0.5) is 5.69 Å². The number of rotatable bonds is 6. The SMILES string of the molecule is CC[C@H](Oc1cccc(Cl)c1)C(=O)Nc1ccc(OC)cc1. The van der Waals surface area contributed by atoms with Gasteiger partial charge in [-0.25, -0.2) is 0 Å². The number of nitrogens with one attached hydrogen (secondary N) is 1. The third kappa shape index (κ3) is 4.40. The molecule has 0 radical (unpaired) electrons. The van der Waals surface area contributed by atoms with Crippen molar-refractivity contribution in [3.8, 4) is 11.5 Å². The van der Waals surface area contributed by atoms with Gasteiger partial charge in [0.05, 0.1) is 7.11 Å². The van der Waals surface area contributed by atoms with Crippen LogP contribution in [-0.2, 0) is 4.79 Å². The highest BCUT2D eigenvalue weighted by Gasteiger charge is 2.18. The highest BCUT2D eigenvalue weighted by molar-refractivity contribution is 6.30. The number of amides is 1. The predicted molar refractivity (Wildman–Crippen MR) is 87.8 cm³/mol. The third-order valence-corrected chi connectivity index (χ3v) is 3.33. The van der Waals surface area contributed by atoms with Crippen molar-refractivity contribution in [3.63, 3.8) is 0 Å². The number of anilines is 1. The summed E-state index contributed by atoms with van der Waals surface area (Å²) in [5, 5.41) is 3.40. The lowest BCUT2D eigenvalue weighted by Crippen LogP contribution is -2.32. The van der Waals surface area contributed by atoms with E-state index in [1.165, 1.54) is 0 Å². The molecule has 0 aliphatic rings. The Morgan fingerprint density at radius 3 is 2.50 bits per heavy atom. The van der Waals surface area contributed by atoms with Crippen LogP contribution in [0.2, 0.25) is 5.02 Å². The zero-order valence-corrected chi connectivity index (χ0v) is 13.3. The van der Waals surface area contributed by atoms with Crippen molar-refractivity contribution in [1.82, 2.24) is 0 Å². The Balaban J connectivity index is 2.01. The molecule has 0 aliphatic carbocycles. The molecule has 2 aromatic carbocycles. The second-order valence-electron chi connectivity index (χ2n) is 4.69. The van der Waals surface area contributed by atoms with E-state index in [0.717, 1.165) is 5.75 Å². The molecule has 2 aromatic rings. The molecule has 1 N–H and O–H groups in total. The molecule has 0 heterocycles. The first-order valence-electron chi connectivity index (χ1n) is 6.99. The largest absolute Gasteiger partial charge is 0.497 e. The van der Waals surface area contributed by atoms with Crippen LogP contribution in [0.1, 0.15) is 13.3 Å². The van der Waals surface area contributed by atoms with Gasteiger partial charge in [-0.2, -0.15) is 0 Å². The smallest absolute Gasteiger partial charge is 0.265 e. The summed E-state index contributed by atoms with van der Waals surface area (Å²) in [6, 6.07) is 14.1. The molecule has 22 heavy (non-hydrogen) atoms. The van der Waals surface area contributed by atoms with Gasteiger partial charge in [0, 0.05) is 10.7 Å². The minimum Gasteiger partial charge on any atom is -0.497 e. The maximum Gasteiger partial charge on any atom is 0.265 e. The Hall–Kier alpha value is -2.20. The highest BCUT2D eigenvalue weighted by Crippen LogP contribution is 2.20. The normalized spacial score (nSPS) is 11.6. The highest BCUT2D eigenvalue weighted by atomic mass is 35.5. The number of methoxy groups -OCH3 is 1. The number of halogens is 1. The zero-order valence-electron chi connectivity index (χ0n) is 12.5. The molecule has 5 heteroatoms. The van der Waals surface area contributed by atoms with Gasteiger partial charge in [0.25, 0.3) is 5.91 Å². The lowest BCUT2D eigenvalue weighted by atomic mass is 10.2. The molecule has 4 nitrogen and oxygen atoms in total. The van der Waals surface area contributed by atoms with Crippen LogP contribution in [0.15, 0.2) is 48.5 Å². The molecule has 0 saturated carbocycles. The van der Waals surface area contributed by atoms with Gasteiger partial charge in [-0.15, -0.1) is 0 Å². The van der Waals surface area contributed by atoms with E-state index in [0.29, 0.717) is 22.9 Å². The summed E-state index contributed by atoms with van der Waals surface area (Å²) >= 11 is 5.92. The molecule has 0 unspecified atom stereocenters. The van der Waals surface area contributed by atoms with E-state index in [1.54, 1.807) is 55.6 Å². The summed E-state index contributed by atoms with van der Waals surface area (Å²) in [5.41, 5.74) is 0.693. The van der Waals surface area contributed by atoms with Crippen molar-refractivity contribution in [1.29, 1.82) is 0 Å². The van der Waals surface area contributed by atoms with Crippen molar-refractivity contribution in [2.24, 2.45) is 0 Å². The van der Waals surface area contributed by atoms with Gasteiger partial charge >= 0.3 is 0 Å². The lowest BCUT2D eigenvalue weighted by Gasteiger charge is -2.17. The molecular weight excluding hydrogens is 302 g/mol. The second kappa shape index (κ2) is 7.71. The van der Waals surface area contributed by atoms with Gasteiger partial charge in [0.15, 0.2) is 6.10 Å². The molecule has 2 rings (SSSR count). The Morgan fingerprint density at radius 2 is 1.91 bits per heavy atom. The number of carbonyl (C=O) groups excluding carboxylic acids is 1. The fourth-order valence-electron chi connectivity index (χ4n) is 1.92. The van der Waals surface area contributed by atoms with Crippen LogP contribution >= 0.6 is 11.6 Å². The Kier molecular flexibility index (Phi) is 5.67. The van der Waals surface area contributed by atoms with Crippen molar-refractivity contribution in [3.05, 3.63) is 53.6 Å². The zero-order chi connectivity index (χ0) is 15.9. The minimum atomic E-state index is -0.583.